The second-order valence-electron chi connectivity index (χ2n) is 10.9. The Kier molecular flexibility index (Phi) is 17.0. The van der Waals surface area contributed by atoms with E-state index in [1.54, 1.807) is 14.0 Å². The first kappa shape index (κ1) is 36.0. The number of nitrogens with two attached hydrogens (primary N) is 1. The van der Waals surface area contributed by atoms with Crippen molar-refractivity contribution >= 4 is 11.8 Å². The van der Waals surface area contributed by atoms with Gasteiger partial charge >= 0.3 is 0 Å². The molecule has 8 atom stereocenters. The molecular formula is C29H54N8O5. The summed E-state index contributed by atoms with van der Waals surface area (Å²) in [7, 11) is 1.74. The van der Waals surface area contributed by atoms with Crippen molar-refractivity contribution in [3.8, 4) is 0 Å². The van der Waals surface area contributed by atoms with Crippen LogP contribution in [0.4, 0.5) is 0 Å². The number of hydrogen-bond acceptors (Lipinski definition) is 11. The molecule has 1 saturated heterocycles. The maximum Gasteiger partial charge on any atom is 0.243 e. The minimum Gasteiger partial charge on any atom is -0.377 e. The van der Waals surface area contributed by atoms with Gasteiger partial charge in [-0.3, -0.25) is 36.2 Å². The third-order valence-electron chi connectivity index (χ3n) is 7.51. The molecule has 0 saturated carbocycles. The van der Waals surface area contributed by atoms with E-state index in [4.69, 9.17) is 5.73 Å². The second kappa shape index (κ2) is 19.9. The highest BCUT2D eigenvalue weighted by Gasteiger charge is 2.32. The second-order valence-corrected chi connectivity index (χ2v) is 10.9. The van der Waals surface area contributed by atoms with Crippen molar-refractivity contribution in [3.63, 3.8) is 0 Å². The van der Waals surface area contributed by atoms with Crippen molar-refractivity contribution < 1.29 is 24.9 Å². The standard InChI is InChI=1S/C29H54N8O5/c1-4-6-8-14-22-27(41)35-21(15-11-16-32-29(30)31-3)25(39)33-18-24(38)34-20(5-2)26(40)37-23(28(42)36-22)17-19-12-9-7-10-13-19/h7,9-10,12-13,20-25,27,29,31-35,38-39,41H,4-6,8,11,14-18,30H2,1-3H3,(H,36,42)(H,37,40)/t20-,21?,22?,23?,24+,25+,27+,29-/m0/s1. The number of carbonyl (C=O) groups excluding carboxylic acids is 2. The lowest BCUT2D eigenvalue weighted by atomic mass is 10.0. The summed E-state index contributed by atoms with van der Waals surface area (Å²) in [5, 5.41) is 53.7. The van der Waals surface area contributed by atoms with Crippen LogP contribution < -0.4 is 43.0 Å². The van der Waals surface area contributed by atoms with Gasteiger partial charge in [0.25, 0.3) is 0 Å². The summed E-state index contributed by atoms with van der Waals surface area (Å²) < 4.78 is 0. The van der Waals surface area contributed by atoms with E-state index in [0.717, 1.165) is 24.8 Å². The average molecular weight is 595 g/mol. The summed E-state index contributed by atoms with van der Waals surface area (Å²) >= 11 is 0. The number of aliphatic hydroxyl groups is 3. The molecule has 0 aromatic heterocycles. The molecule has 1 aromatic carbocycles. The molecule has 3 unspecified atom stereocenters. The van der Waals surface area contributed by atoms with E-state index < -0.39 is 54.7 Å². The van der Waals surface area contributed by atoms with Crippen LogP contribution in [0.2, 0.25) is 0 Å². The molecule has 2 rings (SSSR count). The molecule has 240 valence electrons. The Morgan fingerprint density at radius 2 is 1.60 bits per heavy atom. The van der Waals surface area contributed by atoms with Crippen molar-refractivity contribution in [2.45, 2.75) is 114 Å². The van der Waals surface area contributed by atoms with Crippen LogP contribution in [-0.2, 0) is 16.0 Å². The molecule has 42 heavy (non-hydrogen) atoms. The maximum atomic E-state index is 13.7. The first-order chi connectivity index (χ1) is 20.2. The van der Waals surface area contributed by atoms with Crippen molar-refractivity contribution in [1.82, 2.24) is 37.2 Å². The topological polar surface area (TPSA) is 205 Å². The number of β-amino-alcohol motifs (C(OH)–C–C–N with tert-alkyl or cyclic N) is 1. The van der Waals surface area contributed by atoms with Crippen LogP contribution in [-0.4, -0.2) is 96.4 Å². The highest BCUT2D eigenvalue weighted by molar-refractivity contribution is 5.90. The first-order valence-corrected chi connectivity index (χ1v) is 15.3. The number of carbonyl (C=O) groups is 2. The molecule has 2 amide bonds. The molecule has 0 bridgehead atoms. The minimum absolute atomic E-state index is 0.0490. The lowest BCUT2D eigenvalue weighted by molar-refractivity contribution is -0.131. The number of unbranched alkanes of at least 4 members (excludes halogenated alkanes) is 2. The Labute approximate surface area is 250 Å². The molecule has 1 aliphatic heterocycles. The summed E-state index contributed by atoms with van der Waals surface area (Å²) in [5.74, 6) is -0.838. The third-order valence-corrected chi connectivity index (χ3v) is 7.51. The number of hydrogen-bond donors (Lipinski definition) is 11. The zero-order chi connectivity index (χ0) is 30.9. The quantitative estimate of drug-likeness (QED) is 0.0936. The van der Waals surface area contributed by atoms with Crippen LogP contribution in [0.1, 0.15) is 64.4 Å². The molecule has 1 aromatic rings. The van der Waals surface area contributed by atoms with Gasteiger partial charge in [-0.05, 0) is 44.8 Å². The minimum atomic E-state index is -1.18. The summed E-state index contributed by atoms with van der Waals surface area (Å²) in [6.07, 6.45) is 1.07. The van der Waals surface area contributed by atoms with E-state index in [9.17, 15) is 24.9 Å². The van der Waals surface area contributed by atoms with Gasteiger partial charge in [0, 0.05) is 19.0 Å². The molecular weight excluding hydrogens is 540 g/mol. The molecule has 1 aliphatic rings. The Morgan fingerprint density at radius 1 is 0.905 bits per heavy atom. The lowest BCUT2D eigenvalue weighted by Crippen LogP contribution is -2.60. The van der Waals surface area contributed by atoms with E-state index in [2.05, 4.69) is 44.1 Å². The van der Waals surface area contributed by atoms with Crippen molar-refractivity contribution in [3.05, 3.63) is 35.9 Å². The molecule has 0 radical (unpaired) electrons. The molecule has 1 heterocycles. The van der Waals surface area contributed by atoms with Crippen LogP contribution in [0.3, 0.4) is 0 Å². The van der Waals surface area contributed by atoms with Gasteiger partial charge in [0.2, 0.25) is 11.8 Å². The van der Waals surface area contributed by atoms with Crippen LogP contribution in [0, 0.1) is 0 Å². The smallest absolute Gasteiger partial charge is 0.243 e. The fourth-order valence-corrected chi connectivity index (χ4v) is 4.93. The molecule has 0 spiro atoms. The number of nitrogens with one attached hydrogen (secondary N) is 7. The number of benzene rings is 1. The highest BCUT2D eigenvalue weighted by atomic mass is 16.3. The van der Waals surface area contributed by atoms with Gasteiger partial charge in [0.05, 0.1) is 12.1 Å². The SMILES string of the molecule is CCCCCC1NC(=O)C(Cc2ccccc2)NC(=O)[C@H](CC)N[C@H](O)CN[C@H](O)C(CCCN[C@@H](N)NC)N[C@@H]1O. The van der Waals surface area contributed by atoms with Crippen molar-refractivity contribution in [1.29, 1.82) is 0 Å². The van der Waals surface area contributed by atoms with Gasteiger partial charge in [-0.2, -0.15) is 0 Å². The summed E-state index contributed by atoms with van der Waals surface area (Å²) in [4.78, 5) is 26.9. The summed E-state index contributed by atoms with van der Waals surface area (Å²) in [6.45, 7) is 4.40. The Bertz CT molecular complexity index is 898. The van der Waals surface area contributed by atoms with Gasteiger partial charge in [-0.25, -0.2) is 0 Å². The Balaban J connectivity index is 2.33. The van der Waals surface area contributed by atoms with E-state index in [1.807, 2.05) is 30.3 Å². The van der Waals surface area contributed by atoms with Gasteiger partial charge in [-0.15, -0.1) is 0 Å². The van der Waals surface area contributed by atoms with E-state index in [-0.39, 0.29) is 19.3 Å². The van der Waals surface area contributed by atoms with Gasteiger partial charge in [-0.1, -0.05) is 63.4 Å². The fourth-order valence-electron chi connectivity index (χ4n) is 4.93. The maximum absolute atomic E-state index is 13.7. The molecule has 13 heteroatoms. The zero-order valence-corrected chi connectivity index (χ0v) is 25.3. The normalized spacial score (nSPS) is 29.2. The summed E-state index contributed by atoms with van der Waals surface area (Å²) in [5.41, 5.74) is 6.72. The van der Waals surface area contributed by atoms with Crippen LogP contribution in [0.15, 0.2) is 30.3 Å². The number of rotatable bonds is 13. The summed E-state index contributed by atoms with van der Waals surface area (Å²) in [6, 6.07) is 6.45. The third kappa shape index (κ3) is 13.0. The average Bonchev–Trinajstić information content (AvgIpc) is 2.99. The molecule has 13 nitrogen and oxygen atoms in total. The first-order valence-electron chi connectivity index (χ1n) is 15.3. The van der Waals surface area contributed by atoms with E-state index in [0.29, 0.717) is 32.2 Å². The predicted molar refractivity (Wildman–Crippen MR) is 163 cm³/mol. The van der Waals surface area contributed by atoms with Gasteiger partial charge in [0.15, 0.2) is 0 Å². The molecule has 0 aliphatic carbocycles. The van der Waals surface area contributed by atoms with Crippen LogP contribution in [0.5, 0.6) is 0 Å². The van der Waals surface area contributed by atoms with E-state index in [1.165, 1.54) is 0 Å². The predicted octanol–water partition coefficient (Wildman–Crippen LogP) is -1.50. The monoisotopic (exact) mass is 594 g/mol. The molecule has 1 fully saturated rings. The van der Waals surface area contributed by atoms with Gasteiger partial charge < -0.3 is 31.7 Å². The van der Waals surface area contributed by atoms with Crippen molar-refractivity contribution in [2.24, 2.45) is 5.73 Å². The number of aliphatic hydroxyl groups excluding tert-OH is 3. The van der Waals surface area contributed by atoms with Crippen LogP contribution in [0.25, 0.3) is 0 Å². The van der Waals surface area contributed by atoms with Crippen molar-refractivity contribution in [2.75, 3.05) is 20.1 Å². The Morgan fingerprint density at radius 3 is 2.26 bits per heavy atom. The zero-order valence-electron chi connectivity index (χ0n) is 25.3. The van der Waals surface area contributed by atoms with Crippen LogP contribution >= 0.6 is 0 Å². The molecule has 12 N–H and O–H groups in total. The van der Waals surface area contributed by atoms with Gasteiger partial charge in [0.1, 0.15) is 31.0 Å². The largest absolute Gasteiger partial charge is 0.377 e. The van der Waals surface area contributed by atoms with E-state index >= 15 is 0 Å². The lowest BCUT2D eigenvalue weighted by Gasteiger charge is -2.33. The Hall–Kier alpha value is -2.20. The number of amides is 2. The fraction of sp³-hybridized carbons (Fsp3) is 0.724. The highest BCUT2D eigenvalue weighted by Crippen LogP contribution is 2.12.